The number of Topliss-reactive ketones (excluding diaryl/α,β-unsaturated/α-hetero) is 1. The molecule has 0 aliphatic carbocycles. The molecular weight excluding hydrogens is 229 g/mol. The van der Waals surface area contributed by atoms with E-state index >= 15 is 0 Å². The van der Waals surface area contributed by atoms with Crippen LogP contribution in [0.25, 0.3) is 0 Å². The number of rotatable bonds is 5. The second-order valence-corrected chi connectivity index (χ2v) is 3.42. The molecule has 0 fully saturated rings. The number of hydrogen-bond donors (Lipinski definition) is 2. The van der Waals surface area contributed by atoms with Crippen molar-refractivity contribution in [3.05, 3.63) is 29.6 Å². The van der Waals surface area contributed by atoms with Gasteiger partial charge in [0, 0.05) is 12.0 Å². The smallest absolute Gasteiger partial charge is 0.320 e. The number of carbonyl (C=O) groups excluding carboxylic acids is 1. The molecule has 1 aromatic rings. The molecule has 6 heteroatoms. The number of hydrogen-bond acceptors (Lipinski definition) is 4. The topological polar surface area (TPSA) is 89.6 Å². The minimum atomic E-state index is -1.28. The van der Waals surface area contributed by atoms with Gasteiger partial charge in [-0.2, -0.15) is 0 Å². The Morgan fingerprint density at radius 2 is 2.18 bits per heavy atom. The van der Waals surface area contributed by atoms with Crippen molar-refractivity contribution in [2.75, 3.05) is 7.11 Å². The van der Waals surface area contributed by atoms with Crippen LogP contribution in [0.5, 0.6) is 5.75 Å². The van der Waals surface area contributed by atoms with Crippen molar-refractivity contribution in [3.63, 3.8) is 0 Å². The molecule has 3 N–H and O–H groups in total. The molecule has 5 nitrogen and oxygen atoms in total. The number of methoxy groups -OCH3 is 1. The van der Waals surface area contributed by atoms with E-state index in [-0.39, 0.29) is 17.7 Å². The van der Waals surface area contributed by atoms with E-state index in [0.717, 1.165) is 6.07 Å². The highest BCUT2D eigenvalue weighted by atomic mass is 19.1. The summed E-state index contributed by atoms with van der Waals surface area (Å²) in [7, 11) is 1.31. The van der Waals surface area contributed by atoms with Crippen LogP contribution in [0.15, 0.2) is 18.2 Å². The first-order valence-corrected chi connectivity index (χ1v) is 4.81. The van der Waals surface area contributed by atoms with Gasteiger partial charge in [0.25, 0.3) is 0 Å². The van der Waals surface area contributed by atoms with Crippen molar-refractivity contribution < 1.29 is 23.8 Å². The fourth-order valence-electron chi connectivity index (χ4n) is 1.24. The molecule has 1 unspecified atom stereocenters. The summed E-state index contributed by atoms with van der Waals surface area (Å²) in [6.07, 6.45) is -0.374. The number of carboxylic acids is 1. The van der Waals surface area contributed by atoms with Crippen LogP contribution in [-0.4, -0.2) is 30.0 Å². The third-order valence-corrected chi connectivity index (χ3v) is 2.20. The van der Waals surface area contributed by atoms with E-state index in [1.807, 2.05) is 0 Å². The summed E-state index contributed by atoms with van der Waals surface area (Å²) < 4.78 is 18.0. The quantitative estimate of drug-likeness (QED) is 0.745. The lowest BCUT2D eigenvalue weighted by Gasteiger charge is -2.07. The van der Waals surface area contributed by atoms with Gasteiger partial charge in [-0.15, -0.1) is 0 Å². The van der Waals surface area contributed by atoms with Gasteiger partial charge < -0.3 is 15.6 Å². The molecule has 1 aromatic carbocycles. The Kier molecular flexibility index (Phi) is 4.17. The van der Waals surface area contributed by atoms with Crippen molar-refractivity contribution in [1.82, 2.24) is 0 Å². The SMILES string of the molecule is COc1ccc(C(=O)CC(N)C(=O)O)cc1F. The van der Waals surface area contributed by atoms with Gasteiger partial charge >= 0.3 is 5.97 Å². The Bertz CT molecular complexity index is 447. The van der Waals surface area contributed by atoms with Gasteiger partial charge in [-0.05, 0) is 18.2 Å². The van der Waals surface area contributed by atoms with Crippen molar-refractivity contribution >= 4 is 11.8 Å². The van der Waals surface area contributed by atoms with Gasteiger partial charge in [0.2, 0.25) is 0 Å². The molecule has 0 bridgehead atoms. The molecule has 17 heavy (non-hydrogen) atoms. The number of ketones is 1. The summed E-state index contributed by atoms with van der Waals surface area (Å²) in [5.74, 6) is -2.46. The van der Waals surface area contributed by atoms with E-state index in [9.17, 15) is 14.0 Å². The fraction of sp³-hybridized carbons (Fsp3) is 0.273. The average Bonchev–Trinajstić information content (AvgIpc) is 2.28. The third kappa shape index (κ3) is 3.25. The molecule has 1 atom stereocenters. The van der Waals surface area contributed by atoms with E-state index in [1.54, 1.807) is 0 Å². The van der Waals surface area contributed by atoms with Gasteiger partial charge in [0.15, 0.2) is 17.3 Å². The van der Waals surface area contributed by atoms with Gasteiger partial charge in [-0.1, -0.05) is 0 Å². The Labute approximate surface area is 97.0 Å². The maximum Gasteiger partial charge on any atom is 0.320 e. The first-order valence-electron chi connectivity index (χ1n) is 4.81. The van der Waals surface area contributed by atoms with Crippen molar-refractivity contribution in [2.45, 2.75) is 12.5 Å². The molecule has 0 amide bonds. The summed E-state index contributed by atoms with van der Waals surface area (Å²) in [6.45, 7) is 0. The number of halogens is 1. The van der Waals surface area contributed by atoms with E-state index in [1.165, 1.54) is 19.2 Å². The van der Waals surface area contributed by atoms with Gasteiger partial charge in [0.1, 0.15) is 6.04 Å². The standard InChI is InChI=1S/C11H12FNO4/c1-17-10-3-2-6(4-7(10)12)9(14)5-8(13)11(15)16/h2-4,8H,5,13H2,1H3,(H,15,16). The van der Waals surface area contributed by atoms with E-state index in [2.05, 4.69) is 0 Å². The normalized spacial score (nSPS) is 11.9. The first kappa shape index (κ1) is 13.1. The maximum atomic E-state index is 13.3. The van der Waals surface area contributed by atoms with Gasteiger partial charge in [-0.25, -0.2) is 4.39 Å². The van der Waals surface area contributed by atoms with Crippen LogP contribution >= 0.6 is 0 Å². The highest BCUT2D eigenvalue weighted by molar-refractivity contribution is 5.98. The van der Waals surface area contributed by atoms with E-state index in [0.29, 0.717) is 0 Å². The Balaban J connectivity index is 2.83. The summed E-state index contributed by atoms with van der Waals surface area (Å²) in [4.78, 5) is 22.0. The second-order valence-electron chi connectivity index (χ2n) is 3.42. The van der Waals surface area contributed by atoms with Crippen LogP contribution in [0, 0.1) is 5.82 Å². The molecule has 0 heterocycles. The summed E-state index contributed by atoms with van der Waals surface area (Å²) in [5.41, 5.74) is 5.28. The van der Waals surface area contributed by atoms with Crippen LogP contribution in [-0.2, 0) is 4.79 Å². The molecule has 0 spiro atoms. The Morgan fingerprint density at radius 1 is 1.53 bits per heavy atom. The Morgan fingerprint density at radius 3 is 2.65 bits per heavy atom. The number of carbonyl (C=O) groups is 2. The highest BCUT2D eigenvalue weighted by Gasteiger charge is 2.18. The van der Waals surface area contributed by atoms with Gasteiger partial charge in [-0.3, -0.25) is 9.59 Å². The lowest BCUT2D eigenvalue weighted by atomic mass is 10.0. The zero-order chi connectivity index (χ0) is 13.0. The molecule has 0 aliphatic heterocycles. The van der Waals surface area contributed by atoms with Crippen LogP contribution in [0.1, 0.15) is 16.8 Å². The lowest BCUT2D eigenvalue weighted by molar-refractivity contribution is -0.138. The second kappa shape index (κ2) is 5.40. The minimum Gasteiger partial charge on any atom is -0.494 e. The van der Waals surface area contributed by atoms with Crippen LogP contribution in [0.4, 0.5) is 4.39 Å². The molecular formula is C11H12FNO4. The summed E-state index contributed by atoms with van der Waals surface area (Å²) in [6, 6.07) is 2.37. The molecule has 0 saturated carbocycles. The number of nitrogens with two attached hydrogens (primary N) is 1. The van der Waals surface area contributed by atoms with Crippen molar-refractivity contribution in [3.8, 4) is 5.75 Å². The number of benzene rings is 1. The van der Waals surface area contributed by atoms with Crippen LogP contribution in [0.2, 0.25) is 0 Å². The third-order valence-electron chi connectivity index (χ3n) is 2.20. The zero-order valence-electron chi connectivity index (χ0n) is 9.14. The van der Waals surface area contributed by atoms with Crippen molar-refractivity contribution in [2.24, 2.45) is 5.73 Å². The number of carboxylic acid groups (broad SMARTS) is 1. The average molecular weight is 241 g/mol. The number of ether oxygens (including phenoxy) is 1. The van der Waals surface area contributed by atoms with Crippen molar-refractivity contribution in [1.29, 1.82) is 0 Å². The highest BCUT2D eigenvalue weighted by Crippen LogP contribution is 2.18. The predicted octanol–water partition coefficient (Wildman–Crippen LogP) is 0.819. The zero-order valence-corrected chi connectivity index (χ0v) is 9.14. The van der Waals surface area contributed by atoms with E-state index < -0.39 is 23.6 Å². The molecule has 0 aromatic heterocycles. The molecule has 0 aliphatic rings. The fourth-order valence-corrected chi connectivity index (χ4v) is 1.24. The van der Waals surface area contributed by atoms with Crippen LogP contribution in [0.3, 0.4) is 0 Å². The molecule has 1 rings (SSSR count). The largest absolute Gasteiger partial charge is 0.494 e. The predicted molar refractivity (Wildman–Crippen MR) is 57.5 cm³/mol. The van der Waals surface area contributed by atoms with Crippen LogP contribution < -0.4 is 10.5 Å². The van der Waals surface area contributed by atoms with Gasteiger partial charge in [0.05, 0.1) is 7.11 Å². The minimum absolute atomic E-state index is 0.0177. The Hall–Kier alpha value is -1.95. The number of aliphatic carboxylic acids is 1. The summed E-state index contributed by atoms with van der Waals surface area (Å²) >= 11 is 0. The molecule has 0 radical (unpaired) electrons. The maximum absolute atomic E-state index is 13.3. The molecule has 92 valence electrons. The monoisotopic (exact) mass is 241 g/mol. The first-order chi connectivity index (χ1) is 7.95. The molecule has 0 saturated heterocycles. The lowest BCUT2D eigenvalue weighted by Crippen LogP contribution is -2.32. The van der Waals surface area contributed by atoms with E-state index in [4.69, 9.17) is 15.6 Å². The summed E-state index contributed by atoms with van der Waals surface area (Å²) in [5, 5.41) is 8.54.